The van der Waals surface area contributed by atoms with E-state index >= 15 is 0 Å². The second-order valence-corrected chi connectivity index (χ2v) is 6.92. The zero-order valence-corrected chi connectivity index (χ0v) is 16.0. The minimum absolute atomic E-state index is 0.104. The Kier molecular flexibility index (Phi) is 5.28. The van der Waals surface area contributed by atoms with Crippen LogP contribution in [0.5, 0.6) is 0 Å². The van der Waals surface area contributed by atoms with Crippen LogP contribution in [0.15, 0.2) is 48.5 Å². The Balaban J connectivity index is 1.79. The molecule has 27 heavy (non-hydrogen) atoms. The molecule has 6 nitrogen and oxygen atoms in total. The molecule has 0 aliphatic heterocycles. The second-order valence-electron chi connectivity index (χ2n) is 6.92. The number of nitrogens with zero attached hydrogens (tertiary/aromatic N) is 2. The predicted octanol–water partition coefficient (Wildman–Crippen LogP) is 3.24. The first kappa shape index (κ1) is 18.7. The molecule has 2 aromatic carbocycles. The Hall–Kier alpha value is -3.12. The lowest BCUT2D eigenvalue weighted by molar-refractivity contribution is -0.116. The van der Waals surface area contributed by atoms with E-state index in [9.17, 15) is 9.59 Å². The van der Waals surface area contributed by atoms with Crippen LogP contribution in [0.1, 0.15) is 16.1 Å². The van der Waals surface area contributed by atoms with Gasteiger partial charge in [0.2, 0.25) is 5.91 Å². The number of carbonyl (C=O) groups excluding carboxylic acids is 2. The van der Waals surface area contributed by atoms with Crippen LogP contribution in [0.3, 0.4) is 0 Å². The van der Waals surface area contributed by atoms with Gasteiger partial charge in [0.15, 0.2) is 0 Å². The van der Waals surface area contributed by atoms with E-state index in [1.165, 1.54) is 0 Å². The minimum Gasteiger partial charge on any atom is -0.339 e. The Morgan fingerprint density at radius 3 is 2.33 bits per heavy atom. The number of benzene rings is 2. The molecule has 2 amide bonds. The topological polar surface area (TPSA) is 66.4 Å². The van der Waals surface area contributed by atoms with E-state index in [0.29, 0.717) is 23.6 Å². The quantitative estimate of drug-likeness (QED) is 0.730. The Bertz CT molecular complexity index is 1000. The number of hydrogen-bond acceptors (Lipinski definition) is 3. The van der Waals surface area contributed by atoms with Crippen LogP contribution in [0.2, 0.25) is 0 Å². The van der Waals surface area contributed by atoms with Crippen molar-refractivity contribution in [1.82, 2.24) is 9.47 Å². The van der Waals surface area contributed by atoms with Crippen LogP contribution < -0.4 is 10.6 Å². The standard InChI is InChI=1S/C21H24N4O2/c1-14-7-5-8-15-11-18(25(4)20(14)15)21(27)23-17-10-6-9-16(12-17)22-19(26)13-24(2)3/h5-12H,13H2,1-4H3,(H,22,26)(H,23,27). The van der Waals surface area contributed by atoms with E-state index in [1.807, 2.05) is 56.9 Å². The molecule has 0 saturated heterocycles. The molecule has 1 aromatic heterocycles. The normalized spacial score (nSPS) is 11.0. The molecule has 3 rings (SSSR count). The van der Waals surface area contributed by atoms with Crippen LogP contribution in [-0.4, -0.2) is 41.9 Å². The van der Waals surface area contributed by atoms with E-state index in [4.69, 9.17) is 0 Å². The van der Waals surface area contributed by atoms with Crippen molar-refractivity contribution >= 4 is 34.1 Å². The summed E-state index contributed by atoms with van der Waals surface area (Å²) in [4.78, 5) is 26.5. The van der Waals surface area contributed by atoms with Crippen molar-refractivity contribution in [2.75, 3.05) is 31.3 Å². The maximum atomic E-state index is 12.8. The van der Waals surface area contributed by atoms with Gasteiger partial charge in [-0.3, -0.25) is 9.59 Å². The van der Waals surface area contributed by atoms with Crippen molar-refractivity contribution in [2.45, 2.75) is 6.92 Å². The van der Waals surface area contributed by atoms with E-state index in [2.05, 4.69) is 10.6 Å². The third-order valence-electron chi connectivity index (χ3n) is 4.35. The van der Waals surface area contributed by atoms with Crippen molar-refractivity contribution in [3.05, 3.63) is 59.8 Å². The lowest BCUT2D eigenvalue weighted by Crippen LogP contribution is -2.27. The van der Waals surface area contributed by atoms with Crippen molar-refractivity contribution in [1.29, 1.82) is 0 Å². The van der Waals surface area contributed by atoms with Gasteiger partial charge in [-0.1, -0.05) is 24.3 Å². The summed E-state index contributed by atoms with van der Waals surface area (Å²) in [6.07, 6.45) is 0. The van der Waals surface area contributed by atoms with E-state index in [1.54, 1.807) is 29.2 Å². The van der Waals surface area contributed by atoms with Crippen LogP contribution >= 0.6 is 0 Å². The van der Waals surface area contributed by atoms with Gasteiger partial charge in [0.25, 0.3) is 5.91 Å². The van der Waals surface area contributed by atoms with Gasteiger partial charge in [-0.05, 0) is 50.8 Å². The monoisotopic (exact) mass is 364 g/mol. The van der Waals surface area contributed by atoms with E-state index < -0.39 is 0 Å². The molecule has 140 valence electrons. The number of hydrogen-bond donors (Lipinski definition) is 2. The van der Waals surface area contributed by atoms with Gasteiger partial charge >= 0.3 is 0 Å². The lowest BCUT2D eigenvalue weighted by atomic mass is 10.2. The summed E-state index contributed by atoms with van der Waals surface area (Å²) in [5, 5.41) is 6.78. The van der Waals surface area contributed by atoms with E-state index in [0.717, 1.165) is 16.5 Å². The minimum atomic E-state index is -0.190. The number of amides is 2. The Labute approximate surface area is 158 Å². The smallest absolute Gasteiger partial charge is 0.272 e. The number of nitrogens with one attached hydrogen (secondary N) is 2. The van der Waals surface area contributed by atoms with Gasteiger partial charge < -0.3 is 20.1 Å². The number of likely N-dealkylation sites (N-methyl/N-ethyl adjacent to an activating group) is 1. The Morgan fingerprint density at radius 2 is 1.67 bits per heavy atom. The van der Waals surface area contributed by atoms with Gasteiger partial charge in [0.05, 0.1) is 12.1 Å². The Morgan fingerprint density at radius 1 is 1.00 bits per heavy atom. The summed E-state index contributed by atoms with van der Waals surface area (Å²) in [6, 6.07) is 15.0. The van der Waals surface area contributed by atoms with Crippen LogP contribution in [0.4, 0.5) is 11.4 Å². The van der Waals surface area contributed by atoms with Crippen LogP contribution in [-0.2, 0) is 11.8 Å². The first-order valence-corrected chi connectivity index (χ1v) is 8.76. The fourth-order valence-corrected chi connectivity index (χ4v) is 3.20. The number of aryl methyl sites for hydroxylation is 2. The number of fused-ring (bicyclic) bond motifs is 1. The van der Waals surface area contributed by atoms with E-state index in [-0.39, 0.29) is 11.8 Å². The first-order valence-electron chi connectivity index (χ1n) is 8.76. The fourth-order valence-electron chi connectivity index (χ4n) is 3.20. The molecule has 0 radical (unpaired) electrons. The lowest BCUT2D eigenvalue weighted by Gasteiger charge is -2.12. The summed E-state index contributed by atoms with van der Waals surface area (Å²) in [5.41, 5.74) is 4.03. The predicted molar refractivity (Wildman–Crippen MR) is 109 cm³/mol. The summed E-state index contributed by atoms with van der Waals surface area (Å²) >= 11 is 0. The number of para-hydroxylation sites is 1. The van der Waals surface area contributed by atoms with Crippen molar-refractivity contribution in [3.8, 4) is 0 Å². The molecule has 3 aromatic rings. The highest BCUT2D eigenvalue weighted by Crippen LogP contribution is 2.23. The van der Waals surface area contributed by atoms with Crippen molar-refractivity contribution in [2.24, 2.45) is 7.05 Å². The average molecular weight is 364 g/mol. The SMILES string of the molecule is Cc1cccc2cc(C(=O)Nc3cccc(NC(=O)CN(C)C)c3)n(C)c12. The zero-order chi connectivity index (χ0) is 19.6. The molecule has 0 saturated carbocycles. The van der Waals surface area contributed by atoms with Crippen molar-refractivity contribution in [3.63, 3.8) is 0 Å². The van der Waals surface area contributed by atoms with Crippen LogP contribution in [0, 0.1) is 6.92 Å². The highest BCUT2D eigenvalue weighted by atomic mass is 16.2. The molecule has 0 aliphatic rings. The summed E-state index contributed by atoms with van der Waals surface area (Å²) in [7, 11) is 5.56. The number of anilines is 2. The van der Waals surface area contributed by atoms with Gasteiger partial charge in [-0.2, -0.15) is 0 Å². The second kappa shape index (κ2) is 7.63. The maximum Gasteiger partial charge on any atom is 0.272 e. The molecule has 0 aliphatic carbocycles. The molecule has 2 N–H and O–H groups in total. The van der Waals surface area contributed by atoms with Gasteiger partial charge in [-0.15, -0.1) is 0 Å². The van der Waals surface area contributed by atoms with Gasteiger partial charge in [-0.25, -0.2) is 0 Å². The highest BCUT2D eigenvalue weighted by molar-refractivity contribution is 6.07. The molecular weight excluding hydrogens is 340 g/mol. The van der Waals surface area contributed by atoms with Crippen LogP contribution in [0.25, 0.3) is 10.9 Å². The molecule has 0 fully saturated rings. The van der Waals surface area contributed by atoms with Gasteiger partial charge in [0.1, 0.15) is 5.69 Å². The zero-order valence-electron chi connectivity index (χ0n) is 16.0. The molecular formula is C21H24N4O2. The number of rotatable bonds is 5. The first-order chi connectivity index (χ1) is 12.8. The van der Waals surface area contributed by atoms with Crippen molar-refractivity contribution < 1.29 is 9.59 Å². The molecule has 0 atom stereocenters. The van der Waals surface area contributed by atoms with Gasteiger partial charge in [0, 0.05) is 23.8 Å². The third kappa shape index (κ3) is 4.17. The highest BCUT2D eigenvalue weighted by Gasteiger charge is 2.15. The molecule has 6 heteroatoms. The molecule has 0 spiro atoms. The summed E-state index contributed by atoms with van der Waals surface area (Å²) < 4.78 is 1.91. The third-order valence-corrected chi connectivity index (χ3v) is 4.35. The fraction of sp³-hybridized carbons (Fsp3) is 0.238. The largest absolute Gasteiger partial charge is 0.339 e. The molecule has 1 heterocycles. The molecule has 0 bridgehead atoms. The number of carbonyl (C=O) groups is 2. The summed E-state index contributed by atoms with van der Waals surface area (Å²) in [5.74, 6) is -0.294. The summed E-state index contributed by atoms with van der Waals surface area (Å²) in [6.45, 7) is 2.33. The molecule has 0 unspecified atom stereocenters. The maximum absolute atomic E-state index is 12.8. The average Bonchev–Trinajstić information content (AvgIpc) is 2.92. The number of aromatic nitrogens is 1.